The zero-order valence-electron chi connectivity index (χ0n) is 9.42. The molecule has 0 heterocycles. The molecule has 1 aromatic carbocycles. The van der Waals surface area contributed by atoms with Crippen molar-refractivity contribution < 1.29 is 4.79 Å². The molecule has 84 valence electrons. The van der Waals surface area contributed by atoms with Gasteiger partial charge in [0.2, 0.25) is 5.91 Å². The average Bonchev–Trinajstić information content (AvgIpc) is 2.26. The van der Waals surface area contributed by atoms with Crippen LogP contribution in [0.15, 0.2) is 24.3 Å². The predicted octanol–water partition coefficient (Wildman–Crippen LogP) is 1.76. The van der Waals surface area contributed by atoms with E-state index in [1.54, 1.807) is 0 Å². The smallest absolute Gasteiger partial charge is 0.221 e. The number of carbonyl (C=O) groups is 1. The standard InChI is InChI=1S/C13H16N2O/c1-3-4-9-14-10-12-5-7-13(8-6-12)15-11(2)16/h1,5-8,14H,4,9-10H2,2H3,(H,15,16). The monoisotopic (exact) mass is 216 g/mol. The van der Waals surface area contributed by atoms with Crippen LogP contribution in [0, 0.1) is 12.3 Å². The van der Waals surface area contributed by atoms with Crippen molar-refractivity contribution in [3.8, 4) is 12.3 Å². The van der Waals surface area contributed by atoms with E-state index in [2.05, 4.69) is 16.6 Å². The molecule has 0 aromatic heterocycles. The second-order valence-electron chi connectivity index (χ2n) is 3.51. The maximum absolute atomic E-state index is 10.8. The Morgan fingerprint density at radius 1 is 1.38 bits per heavy atom. The van der Waals surface area contributed by atoms with Crippen molar-refractivity contribution in [2.45, 2.75) is 19.9 Å². The van der Waals surface area contributed by atoms with Crippen molar-refractivity contribution >= 4 is 11.6 Å². The third-order valence-corrected chi connectivity index (χ3v) is 2.05. The van der Waals surface area contributed by atoms with Crippen LogP contribution < -0.4 is 10.6 Å². The van der Waals surface area contributed by atoms with Crippen LogP contribution in [0.1, 0.15) is 18.9 Å². The zero-order chi connectivity index (χ0) is 11.8. The zero-order valence-corrected chi connectivity index (χ0v) is 9.42. The normalized spacial score (nSPS) is 9.50. The van der Waals surface area contributed by atoms with E-state index in [9.17, 15) is 4.79 Å². The summed E-state index contributed by atoms with van der Waals surface area (Å²) in [6.07, 6.45) is 5.88. The van der Waals surface area contributed by atoms with Crippen LogP contribution in [-0.2, 0) is 11.3 Å². The van der Waals surface area contributed by atoms with E-state index < -0.39 is 0 Å². The first-order valence-corrected chi connectivity index (χ1v) is 5.23. The highest BCUT2D eigenvalue weighted by atomic mass is 16.1. The van der Waals surface area contributed by atoms with Crippen LogP contribution in [0.4, 0.5) is 5.69 Å². The Hall–Kier alpha value is -1.79. The number of benzene rings is 1. The molecule has 0 unspecified atom stereocenters. The van der Waals surface area contributed by atoms with E-state index >= 15 is 0 Å². The van der Waals surface area contributed by atoms with Crippen LogP contribution >= 0.6 is 0 Å². The van der Waals surface area contributed by atoms with E-state index in [0.29, 0.717) is 0 Å². The first kappa shape index (κ1) is 12.3. The molecule has 0 radical (unpaired) electrons. The van der Waals surface area contributed by atoms with Crippen LogP contribution in [0.3, 0.4) is 0 Å². The van der Waals surface area contributed by atoms with Gasteiger partial charge in [0.05, 0.1) is 0 Å². The Labute approximate surface area is 96.2 Å². The van der Waals surface area contributed by atoms with Crippen molar-refractivity contribution in [3.05, 3.63) is 29.8 Å². The summed E-state index contributed by atoms with van der Waals surface area (Å²) in [5, 5.41) is 5.96. The van der Waals surface area contributed by atoms with Gasteiger partial charge in [-0.2, -0.15) is 0 Å². The number of carbonyl (C=O) groups excluding carboxylic acids is 1. The molecule has 0 saturated carbocycles. The lowest BCUT2D eigenvalue weighted by molar-refractivity contribution is -0.114. The molecule has 0 aliphatic carbocycles. The summed E-state index contributed by atoms with van der Waals surface area (Å²) in [6, 6.07) is 7.74. The lowest BCUT2D eigenvalue weighted by Crippen LogP contribution is -2.14. The number of terminal acetylenes is 1. The van der Waals surface area contributed by atoms with Gasteiger partial charge in [-0.1, -0.05) is 12.1 Å². The highest BCUT2D eigenvalue weighted by Gasteiger charge is 1.96. The van der Waals surface area contributed by atoms with Crippen LogP contribution in [-0.4, -0.2) is 12.5 Å². The molecule has 0 aliphatic heterocycles. The van der Waals surface area contributed by atoms with Crippen molar-refractivity contribution in [2.24, 2.45) is 0 Å². The van der Waals surface area contributed by atoms with Crippen molar-refractivity contribution in [1.82, 2.24) is 5.32 Å². The van der Waals surface area contributed by atoms with Gasteiger partial charge in [-0.3, -0.25) is 4.79 Å². The lowest BCUT2D eigenvalue weighted by atomic mass is 10.2. The van der Waals surface area contributed by atoms with Gasteiger partial charge >= 0.3 is 0 Å². The first-order valence-electron chi connectivity index (χ1n) is 5.23. The topological polar surface area (TPSA) is 41.1 Å². The average molecular weight is 216 g/mol. The largest absolute Gasteiger partial charge is 0.326 e. The van der Waals surface area contributed by atoms with E-state index in [1.165, 1.54) is 12.5 Å². The molecule has 2 N–H and O–H groups in total. The second kappa shape index (κ2) is 6.65. The van der Waals surface area contributed by atoms with Gasteiger partial charge in [0.15, 0.2) is 0 Å². The second-order valence-corrected chi connectivity index (χ2v) is 3.51. The third-order valence-electron chi connectivity index (χ3n) is 2.05. The Balaban J connectivity index is 2.39. The van der Waals surface area contributed by atoms with Gasteiger partial charge in [-0.05, 0) is 17.7 Å². The van der Waals surface area contributed by atoms with Crippen molar-refractivity contribution in [3.63, 3.8) is 0 Å². The first-order chi connectivity index (χ1) is 7.72. The Kier molecular flexibility index (Phi) is 5.10. The molecule has 0 bridgehead atoms. The maximum Gasteiger partial charge on any atom is 0.221 e. The van der Waals surface area contributed by atoms with Crippen LogP contribution in [0.25, 0.3) is 0 Å². The Morgan fingerprint density at radius 3 is 2.62 bits per heavy atom. The molecule has 0 aliphatic rings. The predicted molar refractivity (Wildman–Crippen MR) is 65.9 cm³/mol. The fraction of sp³-hybridized carbons (Fsp3) is 0.308. The van der Waals surface area contributed by atoms with Crippen LogP contribution in [0.5, 0.6) is 0 Å². The van der Waals surface area contributed by atoms with Gasteiger partial charge in [0, 0.05) is 32.1 Å². The van der Waals surface area contributed by atoms with E-state index in [-0.39, 0.29) is 5.91 Å². The number of hydrogen-bond donors (Lipinski definition) is 2. The van der Waals surface area contributed by atoms with E-state index in [4.69, 9.17) is 6.42 Å². The van der Waals surface area contributed by atoms with E-state index in [1.807, 2.05) is 24.3 Å². The molecule has 0 fully saturated rings. The van der Waals surface area contributed by atoms with Gasteiger partial charge in [0.1, 0.15) is 0 Å². The molecule has 1 amide bonds. The summed E-state index contributed by atoms with van der Waals surface area (Å²) in [4.78, 5) is 10.8. The fourth-order valence-electron chi connectivity index (χ4n) is 1.30. The Bertz CT molecular complexity index is 376. The number of rotatable bonds is 5. The molecule has 0 spiro atoms. The molecule has 1 aromatic rings. The van der Waals surface area contributed by atoms with Crippen molar-refractivity contribution in [1.29, 1.82) is 0 Å². The quantitative estimate of drug-likeness (QED) is 0.581. The lowest BCUT2D eigenvalue weighted by Gasteiger charge is -2.05. The number of amides is 1. The molecule has 0 saturated heterocycles. The summed E-state index contributed by atoms with van der Waals surface area (Å²) in [5.41, 5.74) is 1.99. The minimum absolute atomic E-state index is 0.0557. The summed E-state index contributed by atoms with van der Waals surface area (Å²) < 4.78 is 0. The fourth-order valence-corrected chi connectivity index (χ4v) is 1.30. The molecule has 3 nitrogen and oxygen atoms in total. The summed E-state index contributed by atoms with van der Waals surface area (Å²) >= 11 is 0. The summed E-state index contributed by atoms with van der Waals surface area (Å²) in [7, 11) is 0. The summed E-state index contributed by atoms with van der Waals surface area (Å²) in [5.74, 6) is 2.52. The minimum Gasteiger partial charge on any atom is -0.326 e. The maximum atomic E-state index is 10.8. The third kappa shape index (κ3) is 4.63. The molecule has 3 heteroatoms. The highest BCUT2D eigenvalue weighted by Crippen LogP contribution is 2.09. The minimum atomic E-state index is -0.0557. The molecular weight excluding hydrogens is 200 g/mol. The van der Waals surface area contributed by atoms with Crippen molar-refractivity contribution in [2.75, 3.05) is 11.9 Å². The molecule has 16 heavy (non-hydrogen) atoms. The van der Waals surface area contributed by atoms with Gasteiger partial charge < -0.3 is 10.6 Å². The Morgan fingerprint density at radius 2 is 2.06 bits per heavy atom. The van der Waals surface area contributed by atoms with Gasteiger partial charge in [0.25, 0.3) is 0 Å². The number of nitrogens with one attached hydrogen (secondary N) is 2. The summed E-state index contributed by atoms with van der Waals surface area (Å²) in [6.45, 7) is 3.11. The van der Waals surface area contributed by atoms with Gasteiger partial charge in [-0.25, -0.2) is 0 Å². The van der Waals surface area contributed by atoms with Gasteiger partial charge in [-0.15, -0.1) is 12.3 Å². The van der Waals surface area contributed by atoms with E-state index in [0.717, 1.165) is 25.2 Å². The van der Waals surface area contributed by atoms with Crippen LogP contribution in [0.2, 0.25) is 0 Å². The number of hydrogen-bond acceptors (Lipinski definition) is 2. The number of anilines is 1. The molecule has 1 rings (SSSR count). The SMILES string of the molecule is C#CCCNCc1ccc(NC(C)=O)cc1. The molecular formula is C13H16N2O. The molecule has 0 atom stereocenters. The highest BCUT2D eigenvalue weighted by molar-refractivity contribution is 5.88.